The highest BCUT2D eigenvalue weighted by Gasteiger charge is 1.91. The van der Waals surface area contributed by atoms with Gasteiger partial charge in [0, 0.05) is 15.9 Å². The van der Waals surface area contributed by atoms with Crippen LogP contribution < -0.4 is 0 Å². The fourth-order valence-electron chi connectivity index (χ4n) is 0.178. The lowest BCUT2D eigenvalue weighted by Crippen LogP contribution is -2.01. The molecule has 0 spiro atoms. The molecule has 0 aromatic rings. The molecule has 43 valence electrons. The third-order valence-corrected chi connectivity index (χ3v) is 0.712. The molecule has 0 N–H and O–H groups in total. The first-order valence-electron chi connectivity index (χ1n) is 1.95. The zero-order valence-corrected chi connectivity index (χ0v) is 5.86. The van der Waals surface area contributed by atoms with Gasteiger partial charge in [-0.25, -0.2) is 4.79 Å². The van der Waals surface area contributed by atoms with Crippen molar-refractivity contribution >= 4 is 22.4 Å². The fraction of sp³-hybridized carbons (Fsp3) is 0.400. The summed E-state index contributed by atoms with van der Waals surface area (Å²) in [5, 5.41) is 0. The number of halogens is 1. The highest BCUT2D eigenvalue weighted by atomic mass is 79.9. The summed E-state index contributed by atoms with van der Waals surface area (Å²) in [5.74, 6) is 2.53. The van der Waals surface area contributed by atoms with Crippen LogP contribution in [0.15, 0.2) is 0 Å². The lowest BCUT2D eigenvalue weighted by molar-refractivity contribution is 0.244. The molecule has 0 heterocycles. The minimum Gasteiger partial charge on any atom is -0.441 e. The minimum absolute atomic E-state index is 0.369. The van der Waals surface area contributed by atoms with Crippen LogP contribution in [-0.4, -0.2) is 12.6 Å². The van der Waals surface area contributed by atoms with Gasteiger partial charge in [-0.15, -0.1) is 0 Å². The molecule has 0 aliphatic rings. The lowest BCUT2D eigenvalue weighted by atomic mass is 10.4. The molecule has 2 nitrogen and oxygen atoms in total. The Balaban J connectivity index is 3.41. The molecule has 1 unspecified atom stereocenters. The second-order valence-corrected chi connectivity index (χ2v) is 1.48. The van der Waals surface area contributed by atoms with Crippen molar-refractivity contribution in [1.29, 1.82) is 0 Å². The molecule has 3 heteroatoms. The van der Waals surface area contributed by atoms with Gasteiger partial charge in [-0.05, 0) is 17.7 Å². The SMILES string of the molecule is CC(C#CBr)O[C]=O. The Morgan fingerprint density at radius 1 is 1.75 bits per heavy atom. The van der Waals surface area contributed by atoms with Gasteiger partial charge < -0.3 is 4.74 Å². The molecule has 8 heavy (non-hydrogen) atoms. The Labute approximate surface area is 56.3 Å². The van der Waals surface area contributed by atoms with Crippen LogP contribution in [0.2, 0.25) is 0 Å². The first kappa shape index (κ1) is 7.51. The third-order valence-electron chi connectivity index (χ3n) is 0.483. The smallest absolute Gasteiger partial charge is 0.418 e. The molecule has 1 atom stereocenters. The van der Waals surface area contributed by atoms with E-state index in [2.05, 4.69) is 31.4 Å². The van der Waals surface area contributed by atoms with E-state index in [-0.39, 0.29) is 6.10 Å². The third kappa shape index (κ3) is 3.69. The number of rotatable bonds is 2. The Morgan fingerprint density at radius 2 is 2.38 bits per heavy atom. The zero-order valence-electron chi connectivity index (χ0n) is 4.27. The quantitative estimate of drug-likeness (QED) is 0.582. The Kier molecular flexibility index (Phi) is 4.38. The summed E-state index contributed by atoms with van der Waals surface area (Å²) in [6.07, 6.45) is -0.369. The van der Waals surface area contributed by atoms with Crippen LogP contribution in [0.25, 0.3) is 0 Å². The highest BCUT2D eigenvalue weighted by molar-refractivity contribution is 9.12. The highest BCUT2D eigenvalue weighted by Crippen LogP contribution is 1.83. The number of hydrogen-bond acceptors (Lipinski definition) is 2. The van der Waals surface area contributed by atoms with Crippen LogP contribution in [0, 0.1) is 10.8 Å². The van der Waals surface area contributed by atoms with Gasteiger partial charge in [0.1, 0.15) is 0 Å². The summed E-state index contributed by atoms with van der Waals surface area (Å²) in [7, 11) is 0. The van der Waals surface area contributed by atoms with E-state index in [9.17, 15) is 4.79 Å². The van der Waals surface area contributed by atoms with Gasteiger partial charge in [-0.2, -0.15) is 0 Å². The van der Waals surface area contributed by atoms with Crippen LogP contribution in [0.5, 0.6) is 0 Å². The van der Waals surface area contributed by atoms with E-state index in [0.29, 0.717) is 0 Å². The van der Waals surface area contributed by atoms with Gasteiger partial charge in [0.15, 0.2) is 6.10 Å². The Morgan fingerprint density at radius 3 is 2.75 bits per heavy atom. The maximum Gasteiger partial charge on any atom is 0.418 e. The second kappa shape index (κ2) is 4.66. The number of ether oxygens (including phenoxy) is 1. The molecule has 0 bridgehead atoms. The van der Waals surface area contributed by atoms with Gasteiger partial charge in [-0.1, -0.05) is 0 Å². The molecule has 0 fully saturated rings. The largest absolute Gasteiger partial charge is 0.441 e. The van der Waals surface area contributed by atoms with Crippen molar-refractivity contribution in [1.82, 2.24) is 0 Å². The molecule has 1 radical (unpaired) electrons. The van der Waals surface area contributed by atoms with Crippen molar-refractivity contribution in [3.05, 3.63) is 0 Å². The average Bonchev–Trinajstić information content (AvgIpc) is 1.68. The summed E-state index contributed by atoms with van der Waals surface area (Å²) in [4.78, 5) is 11.9. The molecule has 0 aromatic heterocycles. The van der Waals surface area contributed by atoms with Crippen LogP contribution in [0.4, 0.5) is 0 Å². The van der Waals surface area contributed by atoms with E-state index in [1.54, 1.807) is 6.92 Å². The summed E-state index contributed by atoms with van der Waals surface area (Å²) < 4.78 is 4.27. The first-order chi connectivity index (χ1) is 3.81. The maximum absolute atomic E-state index is 9.46. The van der Waals surface area contributed by atoms with E-state index in [4.69, 9.17) is 0 Å². The molecule has 0 saturated carbocycles. The van der Waals surface area contributed by atoms with Crippen LogP contribution in [0.3, 0.4) is 0 Å². The van der Waals surface area contributed by atoms with Crippen LogP contribution in [-0.2, 0) is 9.53 Å². The summed E-state index contributed by atoms with van der Waals surface area (Å²) >= 11 is 2.85. The van der Waals surface area contributed by atoms with Crippen LogP contribution >= 0.6 is 15.9 Å². The van der Waals surface area contributed by atoms with Gasteiger partial charge in [-0.3, -0.25) is 0 Å². The molecule has 0 aliphatic heterocycles. The number of hydrogen-bond donors (Lipinski definition) is 0. The van der Waals surface area contributed by atoms with E-state index < -0.39 is 0 Å². The van der Waals surface area contributed by atoms with E-state index >= 15 is 0 Å². The van der Waals surface area contributed by atoms with Gasteiger partial charge >= 0.3 is 6.47 Å². The fourth-order valence-corrected chi connectivity index (χ4v) is 0.501. The first-order valence-corrected chi connectivity index (χ1v) is 2.74. The van der Waals surface area contributed by atoms with E-state index in [1.807, 2.05) is 0 Å². The van der Waals surface area contributed by atoms with Gasteiger partial charge in [0.05, 0.1) is 0 Å². The summed E-state index contributed by atoms with van der Waals surface area (Å²) in [6, 6.07) is 0. The second-order valence-electron chi connectivity index (χ2n) is 1.08. The van der Waals surface area contributed by atoms with Gasteiger partial charge in [0.2, 0.25) is 0 Å². The monoisotopic (exact) mass is 175 g/mol. The summed E-state index contributed by atoms with van der Waals surface area (Å²) in [6.45, 7) is 2.93. The zero-order chi connectivity index (χ0) is 6.41. The van der Waals surface area contributed by atoms with Crippen molar-refractivity contribution < 1.29 is 9.53 Å². The molecule has 0 aromatic carbocycles. The molecular formula is C5H4BrO2. The minimum atomic E-state index is -0.369. The lowest BCUT2D eigenvalue weighted by Gasteiger charge is -1.94. The predicted octanol–water partition coefficient (Wildman–Crippen LogP) is 0.815. The molecule has 0 rings (SSSR count). The Bertz CT molecular complexity index is 122. The summed E-state index contributed by atoms with van der Waals surface area (Å²) in [5.41, 5.74) is 0. The number of carbonyl (C=O) groups excluding carboxylic acids is 1. The van der Waals surface area contributed by atoms with Crippen molar-refractivity contribution in [2.24, 2.45) is 0 Å². The predicted molar refractivity (Wildman–Crippen MR) is 32.9 cm³/mol. The van der Waals surface area contributed by atoms with Crippen molar-refractivity contribution in [2.45, 2.75) is 13.0 Å². The average molecular weight is 176 g/mol. The maximum atomic E-state index is 9.46. The molecule has 0 amide bonds. The van der Waals surface area contributed by atoms with Gasteiger partial charge in [0.25, 0.3) is 0 Å². The van der Waals surface area contributed by atoms with E-state index in [0.717, 1.165) is 0 Å². The van der Waals surface area contributed by atoms with Crippen molar-refractivity contribution in [3.8, 4) is 10.8 Å². The normalized spacial score (nSPS) is 10.8. The standard InChI is InChI=1S/C5H4BrO2/c1-5(2-3-6)8-4-7/h5H,1H3. The van der Waals surface area contributed by atoms with E-state index in [1.165, 1.54) is 6.47 Å². The van der Waals surface area contributed by atoms with Crippen molar-refractivity contribution in [2.75, 3.05) is 0 Å². The molecule has 0 aliphatic carbocycles. The van der Waals surface area contributed by atoms with Crippen LogP contribution in [0.1, 0.15) is 6.92 Å². The topological polar surface area (TPSA) is 26.3 Å². The van der Waals surface area contributed by atoms with Crippen molar-refractivity contribution in [3.63, 3.8) is 0 Å². The molecule has 0 saturated heterocycles. The molecular weight excluding hydrogens is 172 g/mol. The Hall–Kier alpha value is -0.490.